The second-order valence-electron chi connectivity index (χ2n) is 7.11. The van der Waals surface area contributed by atoms with E-state index in [1.165, 1.54) is 14.0 Å². The molecular weight excluding hydrogens is 344 g/mol. The Labute approximate surface area is 158 Å². The summed E-state index contributed by atoms with van der Waals surface area (Å²) in [4.78, 5) is 39.4. The first-order valence-corrected chi connectivity index (χ1v) is 8.91. The van der Waals surface area contributed by atoms with Gasteiger partial charge in [-0.1, -0.05) is 18.2 Å². The van der Waals surface area contributed by atoms with E-state index in [2.05, 4.69) is 0 Å². The third kappa shape index (κ3) is 3.52. The summed E-state index contributed by atoms with van der Waals surface area (Å²) in [5.74, 6) is -1.54. The van der Waals surface area contributed by atoms with Crippen molar-refractivity contribution < 1.29 is 19.1 Å². The molecule has 6 heteroatoms. The SMILES string of the molecule is COC(=O)C1=CN(C)C[C@@H](C(C)=O)[C@@H]1CC(=O)c1cc2ccccc2n1C. The summed E-state index contributed by atoms with van der Waals surface area (Å²) >= 11 is 0. The van der Waals surface area contributed by atoms with E-state index in [9.17, 15) is 14.4 Å². The molecule has 3 rings (SSSR count). The van der Waals surface area contributed by atoms with Gasteiger partial charge in [0.15, 0.2) is 5.78 Å². The highest BCUT2D eigenvalue weighted by atomic mass is 16.5. The highest BCUT2D eigenvalue weighted by molar-refractivity contribution is 6.01. The number of aryl methyl sites for hydroxylation is 1. The second kappa shape index (κ2) is 7.39. The lowest BCUT2D eigenvalue weighted by atomic mass is 9.77. The van der Waals surface area contributed by atoms with Crippen LogP contribution in [0.1, 0.15) is 23.8 Å². The van der Waals surface area contributed by atoms with E-state index in [0.717, 1.165) is 10.9 Å². The number of ether oxygens (including phenoxy) is 1. The van der Waals surface area contributed by atoms with Gasteiger partial charge in [-0.3, -0.25) is 9.59 Å². The highest BCUT2D eigenvalue weighted by Crippen LogP contribution is 2.33. The van der Waals surface area contributed by atoms with Gasteiger partial charge < -0.3 is 14.2 Å². The molecule has 2 heterocycles. The minimum atomic E-state index is -0.498. The molecule has 0 aliphatic carbocycles. The number of hydrogen-bond donors (Lipinski definition) is 0. The molecule has 0 saturated carbocycles. The van der Waals surface area contributed by atoms with Crippen LogP contribution < -0.4 is 0 Å². The third-order valence-corrected chi connectivity index (χ3v) is 5.32. The average molecular weight is 368 g/mol. The standard InChI is InChI=1S/C21H24N2O4/c1-13(24)16-11-22(2)12-17(21(26)27-4)15(16)10-20(25)19-9-14-7-5-6-8-18(14)23(19)3/h5-9,12,15-16H,10-11H2,1-4H3/t15-,16-/m0/s1. The Morgan fingerprint density at radius 3 is 2.52 bits per heavy atom. The van der Waals surface area contributed by atoms with Gasteiger partial charge >= 0.3 is 5.97 Å². The Kier molecular flexibility index (Phi) is 5.17. The molecule has 0 N–H and O–H groups in total. The predicted molar refractivity (Wildman–Crippen MR) is 102 cm³/mol. The van der Waals surface area contributed by atoms with E-state index < -0.39 is 17.8 Å². The van der Waals surface area contributed by atoms with Crippen LogP contribution >= 0.6 is 0 Å². The van der Waals surface area contributed by atoms with Crippen LogP contribution in [0, 0.1) is 11.8 Å². The Morgan fingerprint density at radius 2 is 1.89 bits per heavy atom. The molecule has 0 unspecified atom stereocenters. The fourth-order valence-corrected chi connectivity index (χ4v) is 3.89. The number of nitrogens with zero attached hydrogens (tertiary/aromatic N) is 2. The summed E-state index contributed by atoms with van der Waals surface area (Å²) in [6.07, 6.45) is 1.77. The molecule has 0 radical (unpaired) electrons. The van der Waals surface area contributed by atoms with Crippen LogP contribution in [0.2, 0.25) is 0 Å². The molecule has 1 aliphatic rings. The fourth-order valence-electron chi connectivity index (χ4n) is 3.89. The lowest BCUT2D eigenvalue weighted by Crippen LogP contribution is -2.40. The molecule has 1 aliphatic heterocycles. The van der Waals surface area contributed by atoms with Crippen LogP contribution in [-0.2, 0) is 21.4 Å². The maximum atomic E-state index is 13.1. The van der Waals surface area contributed by atoms with Gasteiger partial charge in [0.25, 0.3) is 0 Å². The van der Waals surface area contributed by atoms with Gasteiger partial charge in [0.1, 0.15) is 5.78 Å². The van der Waals surface area contributed by atoms with Crippen molar-refractivity contribution in [3.8, 4) is 0 Å². The second-order valence-corrected chi connectivity index (χ2v) is 7.11. The van der Waals surface area contributed by atoms with Crippen molar-refractivity contribution >= 4 is 28.4 Å². The van der Waals surface area contributed by atoms with Crippen molar-refractivity contribution in [1.29, 1.82) is 0 Å². The van der Waals surface area contributed by atoms with Gasteiger partial charge in [-0.05, 0) is 19.1 Å². The molecule has 27 heavy (non-hydrogen) atoms. The van der Waals surface area contributed by atoms with E-state index >= 15 is 0 Å². The number of esters is 1. The molecule has 142 valence electrons. The summed E-state index contributed by atoms with van der Waals surface area (Å²) in [7, 11) is 4.97. The quantitative estimate of drug-likeness (QED) is 0.599. The summed E-state index contributed by atoms with van der Waals surface area (Å²) in [5, 5.41) is 0.985. The number of methoxy groups -OCH3 is 1. The number of Topliss-reactive ketones (excluding diaryl/α,β-unsaturated/α-hetero) is 2. The van der Waals surface area contributed by atoms with Gasteiger partial charge in [-0.15, -0.1) is 0 Å². The number of ketones is 2. The van der Waals surface area contributed by atoms with Crippen molar-refractivity contribution in [3.63, 3.8) is 0 Å². The average Bonchev–Trinajstić information content (AvgIpc) is 2.99. The molecule has 2 atom stereocenters. The Bertz CT molecular complexity index is 941. The van der Waals surface area contributed by atoms with Gasteiger partial charge in [0.2, 0.25) is 0 Å². The number of para-hydroxylation sites is 1. The van der Waals surface area contributed by atoms with Crippen molar-refractivity contribution in [2.45, 2.75) is 13.3 Å². The first-order chi connectivity index (χ1) is 12.8. The van der Waals surface area contributed by atoms with Crippen LogP contribution in [0.25, 0.3) is 10.9 Å². The third-order valence-electron chi connectivity index (χ3n) is 5.32. The van der Waals surface area contributed by atoms with Gasteiger partial charge in [-0.25, -0.2) is 4.79 Å². The molecule has 0 bridgehead atoms. The number of aromatic nitrogens is 1. The van der Waals surface area contributed by atoms with Gasteiger partial charge in [0, 0.05) is 56.0 Å². The van der Waals surface area contributed by atoms with Crippen LogP contribution in [-0.4, -0.2) is 47.7 Å². The van der Waals surface area contributed by atoms with Crippen LogP contribution in [0.3, 0.4) is 0 Å². The summed E-state index contributed by atoms with van der Waals surface area (Å²) < 4.78 is 6.75. The molecule has 1 aromatic carbocycles. The molecule has 0 saturated heterocycles. The van der Waals surface area contributed by atoms with Crippen molar-refractivity contribution in [2.24, 2.45) is 18.9 Å². The lowest BCUT2D eigenvalue weighted by molar-refractivity contribution is -0.137. The first kappa shape index (κ1) is 18.9. The number of rotatable bonds is 5. The van der Waals surface area contributed by atoms with Crippen LogP contribution in [0.4, 0.5) is 0 Å². The van der Waals surface area contributed by atoms with E-state index in [1.807, 2.05) is 41.9 Å². The fraction of sp³-hybridized carbons (Fsp3) is 0.381. The highest BCUT2D eigenvalue weighted by Gasteiger charge is 2.38. The first-order valence-electron chi connectivity index (χ1n) is 8.91. The molecule has 0 amide bonds. The zero-order valence-corrected chi connectivity index (χ0v) is 16.1. The summed E-state index contributed by atoms with van der Waals surface area (Å²) in [5.41, 5.74) is 1.91. The van der Waals surface area contributed by atoms with Crippen molar-refractivity contribution in [2.75, 3.05) is 20.7 Å². The Morgan fingerprint density at radius 1 is 1.19 bits per heavy atom. The molecule has 2 aromatic rings. The maximum absolute atomic E-state index is 13.1. The summed E-state index contributed by atoms with van der Waals surface area (Å²) in [6.45, 7) is 1.98. The van der Waals surface area contributed by atoms with Crippen LogP contribution in [0.5, 0.6) is 0 Å². The van der Waals surface area contributed by atoms with Crippen LogP contribution in [0.15, 0.2) is 42.1 Å². The van der Waals surface area contributed by atoms with E-state index in [-0.39, 0.29) is 18.0 Å². The molecule has 6 nitrogen and oxygen atoms in total. The number of fused-ring (bicyclic) bond motifs is 1. The normalized spacial score (nSPS) is 19.7. The maximum Gasteiger partial charge on any atom is 0.335 e. The zero-order chi connectivity index (χ0) is 19.7. The monoisotopic (exact) mass is 368 g/mol. The molecular formula is C21H24N2O4. The summed E-state index contributed by atoms with van der Waals surface area (Å²) in [6, 6.07) is 9.63. The molecule has 0 spiro atoms. The minimum Gasteiger partial charge on any atom is -0.466 e. The van der Waals surface area contributed by atoms with E-state index in [1.54, 1.807) is 18.1 Å². The Hall–Kier alpha value is -2.89. The minimum absolute atomic E-state index is 0.0359. The van der Waals surface area contributed by atoms with Gasteiger partial charge in [0.05, 0.1) is 18.4 Å². The number of carbonyl (C=O) groups excluding carboxylic acids is 3. The van der Waals surface area contributed by atoms with Crippen molar-refractivity contribution in [1.82, 2.24) is 9.47 Å². The largest absolute Gasteiger partial charge is 0.466 e. The smallest absolute Gasteiger partial charge is 0.335 e. The molecule has 0 fully saturated rings. The van der Waals surface area contributed by atoms with Gasteiger partial charge in [-0.2, -0.15) is 0 Å². The predicted octanol–water partition coefficient (Wildman–Crippen LogP) is 2.57. The number of benzene rings is 1. The molecule has 1 aromatic heterocycles. The lowest BCUT2D eigenvalue weighted by Gasteiger charge is -2.34. The van der Waals surface area contributed by atoms with E-state index in [4.69, 9.17) is 4.74 Å². The van der Waals surface area contributed by atoms with Crippen molar-refractivity contribution in [3.05, 3.63) is 47.8 Å². The topological polar surface area (TPSA) is 68.6 Å². The Balaban J connectivity index is 1.97. The number of hydrogen-bond acceptors (Lipinski definition) is 5. The number of carbonyl (C=O) groups is 3. The zero-order valence-electron chi connectivity index (χ0n) is 16.1. The van der Waals surface area contributed by atoms with E-state index in [0.29, 0.717) is 17.8 Å².